The second-order valence-electron chi connectivity index (χ2n) is 6.90. The standard InChI is InChI=1S/C20H27N5O3/c1-13-10-25(6-7-27-13)19-9-18(23-12-24-19)20(22)16-8-15(4-5-17(16)21)28-14(2)11-26-3/h4-5,8-9,12-14,22H,6-7,10-11,21H2,1-3H3/t13-,14+/m1/s1. The van der Waals surface area contributed by atoms with E-state index in [1.54, 1.807) is 25.3 Å². The number of aromatic nitrogens is 2. The van der Waals surface area contributed by atoms with Crippen molar-refractivity contribution in [2.45, 2.75) is 26.1 Å². The predicted octanol–water partition coefficient (Wildman–Crippen LogP) is 2.11. The van der Waals surface area contributed by atoms with E-state index in [4.69, 9.17) is 25.4 Å². The van der Waals surface area contributed by atoms with Gasteiger partial charge < -0.3 is 24.8 Å². The second kappa shape index (κ2) is 8.99. The van der Waals surface area contributed by atoms with Crippen LogP contribution < -0.4 is 15.4 Å². The Morgan fingerprint density at radius 2 is 2.21 bits per heavy atom. The molecule has 3 rings (SSSR count). The number of hydrogen-bond donors (Lipinski definition) is 2. The average Bonchev–Trinajstić information content (AvgIpc) is 2.69. The number of hydrogen-bond acceptors (Lipinski definition) is 8. The van der Waals surface area contributed by atoms with Crippen molar-refractivity contribution in [3.05, 3.63) is 41.9 Å². The van der Waals surface area contributed by atoms with Crippen LogP contribution in [0.4, 0.5) is 11.5 Å². The first-order valence-electron chi connectivity index (χ1n) is 9.31. The monoisotopic (exact) mass is 385 g/mol. The van der Waals surface area contributed by atoms with Gasteiger partial charge >= 0.3 is 0 Å². The quantitative estimate of drug-likeness (QED) is 0.555. The third-order valence-electron chi connectivity index (χ3n) is 4.51. The topological polar surface area (TPSA) is 107 Å². The number of nitrogens with two attached hydrogens (primary N) is 1. The molecule has 0 spiro atoms. The van der Waals surface area contributed by atoms with Gasteiger partial charge in [0.15, 0.2) is 0 Å². The molecule has 0 unspecified atom stereocenters. The normalized spacial score (nSPS) is 18.0. The Labute approximate surface area is 165 Å². The molecule has 2 heterocycles. The highest BCUT2D eigenvalue weighted by molar-refractivity contribution is 6.13. The highest BCUT2D eigenvalue weighted by Gasteiger charge is 2.20. The van der Waals surface area contributed by atoms with Gasteiger partial charge in [0.1, 0.15) is 24.0 Å². The molecular formula is C20H27N5O3. The van der Waals surface area contributed by atoms with E-state index in [0.29, 0.717) is 35.9 Å². The lowest BCUT2D eigenvalue weighted by atomic mass is 10.0. The molecule has 3 N–H and O–H groups in total. The molecule has 28 heavy (non-hydrogen) atoms. The first kappa shape index (κ1) is 20.0. The SMILES string of the molecule is COC[C@H](C)Oc1ccc(N)c(C(=N)c2cc(N3CCO[C@H](C)C3)ncn2)c1. The molecule has 1 aromatic carbocycles. The molecule has 1 aromatic heterocycles. The van der Waals surface area contributed by atoms with Crippen molar-refractivity contribution in [1.82, 2.24) is 9.97 Å². The number of methoxy groups -OCH3 is 1. The summed E-state index contributed by atoms with van der Waals surface area (Å²) in [5.41, 5.74) is 7.93. The molecule has 2 aromatic rings. The fraction of sp³-hybridized carbons (Fsp3) is 0.450. The maximum atomic E-state index is 8.63. The van der Waals surface area contributed by atoms with Crippen molar-refractivity contribution in [3.8, 4) is 5.75 Å². The highest BCUT2D eigenvalue weighted by atomic mass is 16.5. The second-order valence-corrected chi connectivity index (χ2v) is 6.90. The van der Waals surface area contributed by atoms with Gasteiger partial charge in [-0.05, 0) is 32.0 Å². The Bertz CT molecular complexity index is 829. The van der Waals surface area contributed by atoms with Crippen LogP contribution in [0.2, 0.25) is 0 Å². The van der Waals surface area contributed by atoms with Crippen LogP contribution >= 0.6 is 0 Å². The minimum atomic E-state index is -0.107. The lowest BCUT2D eigenvalue weighted by Crippen LogP contribution is -2.41. The molecule has 150 valence electrons. The number of anilines is 2. The molecule has 2 atom stereocenters. The molecule has 0 saturated carbocycles. The molecule has 0 bridgehead atoms. The van der Waals surface area contributed by atoms with E-state index in [-0.39, 0.29) is 17.9 Å². The molecule has 8 nitrogen and oxygen atoms in total. The van der Waals surface area contributed by atoms with Gasteiger partial charge in [-0.1, -0.05) is 0 Å². The summed E-state index contributed by atoms with van der Waals surface area (Å²) in [6.07, 6.45) is 1.52. The summed E-state index contributed by atoms with van der Waals surface area (Å²) in [6.45, 7) is 6.61. The van der Waals surface area contributed by atoms with Crippen LogP contribution in [0.3, 0.4) is 0 Å². The van der Waals surface area contributed by atoms with Gasteiger partial charge in [0.2, 0.25) is 0 Å². The molecule has 1 aliphatic heterocycles. The molecule has 1 aliphatic rings. The Kier molecular flexibility index (Phi) is 6.43. The maximum Gasteiger partial charge on any atom is 0.132 e. The van der Waals surface area contributed by atoms with Crippen LogP contribution in [-0.2, 0) is 9.47 Å². The van der Waals surface area contributed by atoms with Crippen molar-refractivity contribution in [2.24, 2.45) is 0 Å². The van der Waals surface area contributed by atoms with Crippen LogP contribution in [-0.4, -0.2) is 61.3 Å². The molecule has 0 radical (unpaired) electrons. The lowest BCUT2D eigenvalue weighted by molar-refractivity contribution is 0.0529. The van der Waals surface area contributed by atoms with E-state index >= 15 is 0 Å². The van der Waals surface area contributed by atoms with E-state index in [1.807, 2.05) is 19.9 Å². The average molecular weight is 385 g/mol. The Morgan fingerprint density at radius 1 is 1.39 bits per heavy atom. The molecule has 0 amide bonds. The first-order valence-corrected chi connectivity index (χ1v) is 9.31. The summed E-state index contributed by atoms with van der Waals surface area (Å²) in [4.78, 5) is 10.8. The fourth-order valence-corrected chi connectivity index (χ4v) is 3.15. The largest absolute Gasteiger partial charge is 0.488 e. The van der Waals surface area contributed by atoms with Crippen LogP contribution in [0, 0.1) is 5.41 Å². The molecule has 8 heteroatoms. The number of rotatable bonds is 7. The smallest absolute Gasteiger partial charge is 0.132 e. The van der Waals surface area contributed by atoms with Gasteiger partial charge in [-0.25, -0.2) is 9.97 Å². The molecule has 0 aliphatic carbocycles. The summed E-state index contributed by atoms with van der Waals surface area (Å²) in [6, 6.07) is 7.12. The minimum Gasteiger partial charge on any atom is -0.488 e. The van der Waals surface area contributed by atoms with Crippen molar-refractivity contribution in [3.63, 3.8) is 0 Å². The number of nitrogen functional groups attached to an aromatic ring is 1. The highest BCUT2D eigenvalue weighted by Crippen LogP contribution is 2.24. The zero-order valence-electron chi connectivity index (χ0n) is 16.5. The van der Waals surface area contributed by atoms with Crippen molar-refractivity contribution < 1.29 is 14.2 Å². The molecule has 1 saturated heterocycles. The van der Waals surface area contributed by atoms with Crippen molar-refractivity contribution in [2.75, 3.05) is 44.0 Å². The van der Waals surface area contributed by atoms with Gasteiger partial charge in [-0.3, -0.25) is 5.41 Å². The third kappa shape index (κ3) is 4.76. The van der Waals surface area contributed by atoms with E-state index in [1.165, 1.54) is 6.33 Å². The Hall–Kier alpha value is -2.71. The minimum absolute atomic E-state index is 0.107. The first-order chi connectivity index (χ1) is 13.5. The van der Waals surface area contributed by atoms with Crippen LogP contribution in [0.1, 0.15) is 25.1 Å². The van der Waals surface area contributed by atoms with Gasteiger partial charge in [0.25, 0.3) is 0 Å². The zero-order valence-corrected chi connectivity index (χ0v) is 16.5. The zero-order chi connectivity index (χ0) is 20.1. The fourth-order valence-electron chi connectivity index (χ4n) is 3.15. The maximum absolute atomic E-state index is 8.63. The van der Waals surface area contributed by atoms with Gasteiger partial charge in [0.05, 0.1) is 30.7 Å². The predicted molar refractivity (Wildman–Crippen MR) is 108 cm³/mol. The lowest BCUT2D eigenvalue weighted by Gasteiger charge is -2.32. The summed E-state index contributed by atoms with van der Waals surface area (Å²) in [5, 5.41) is 8.63. The van der Waals surface area contributed by atoms with E-state index in [9.17, 15) is 0 Å². The molecule has 1 fully saturated rings. The van der Waals surface area contributed by atoms with Crippen LogP contribution in [0.5, 0.6) is 5.75 Å². The van der Waals surface area contributed by atoms with Gasteiger partial charge in [-0.15, -0.1) is 0 Å². The summed E-state index contributed by atoms with van der Waals surface area (Å²) < 4.78 is 16.5. The van der Waals surface area contributed by atoms with Crippen LogP contribution in [0.25, 0.3) is 0 Å². The number of nitrogens with zero attached hydrogens (tertiary/aromatic N) is 3. The number of ether oxygens (including phenoxy) is 3. The number of nitrogens with one attached hydrogen (secondary N) is 1. The number of morpholine rings is 1. The Balaban J connectivity index is 1.82. The van der Waals surface area contributed by atoms with Gasteiger partial charge in [0, 0.05) is 37.5 Å². The summed E-state index contributed by atoms with van der Waals surface area (Å²) in [7, 11) is 1.63. The summed E-state index contributed by atoms with van der Waals surface area (Å²) in [5.74, 6) is 1.42. The van der Waals surface area contributed by atoms with E-state index in [0.717, 1.165) is 18.9 Å². The van der Waals surface area contributed by atoms with E-state index < -0.39 is 0 Å². The van der Waals surface area contributed by atoms with E-state index in [2.05, 4.69) is 14.9 Å². The van der Waals surface area contributed by atoms with Crippen LogP contribution in [0.15, 0.2) is 30.6 Å². The molecular weight excluding hydrogens is 358 g/mol. The number of benzene rings is 1. The third-order valence-corrected chi connectivity index (χ3v) is 4.51. The van der Waals surface area contributed by atoms with Crippen molar-refractivity contribution in [1.29, 1.82) is 5.41 Å². The van der Waals surface area contributed by atoms with Crippen molar-refractivity contribution >= 4 is 17.2 Å². The summed E-state index contributed by atoms with van der Waals surface area (Å²) >= 11 is 0. The Morgan fingerprint density at radius 3 is 2.96 bits per heavy atom. The van der Waals surface area contributed by atoms with Gasteiger partial charge in [-0.2, -0.15) is 0 Å².